The molecule has 21 heavy (non-hydrogen) atoms. The minimum absolute atomic E-state index is 0.274. The van der Waals surface area contributed by atoms with E-state index < -0.39 is 11.7 Å². The third-order valence-electron chi connectivity index (χ3n) is 3.49. The van der Waals surface area contributed by atoms with Crippen LogP contribution in [0.15, 0.2) is 24.3 Å². The van der Waals surface area contributed by atoms with Crippen molar-refractivity contribution in [2.45, 2.75) is 13.8 Å². The molecule has 0 aliphatic rings. The fraction of sp³-hybridized carbons (Fsp3) is 0.200. The normalized spacial score (nSPS) is 10.4. The topological polar surface area (TPSA) is 94.4 Å². The van der Waals surface area contributed by atoms with E-state index in [1.165, 1.54) is 12.1 Å². The summed E-state index contributed by atoms with van der Waals surface area (Å²) in [4.78, 5) is 23.0. The monoisotopic (exact) mass is 287 g/mol. The van der Waals surface area contributed by atoms with Gasteiger partial charge < -0.3 is 20.1 Å². The molecule has 2 rings (SSSR count). The van der Waals surface area contributed by atoms with Crippen molar-refractivity contribution >= 4 is 17.6 Å². The largest absolute Gasteiger partial charge is 0.872 e. The maximum absolute atomic E-state index is 12.2. The fourth-order valence-electron chi connectivity index (χ4n) is 2.06. The van der Waals surface area contributed by atoms with Gasteiger partial charge in [0, 0.05) is 24.1 Å². The smallest absolute Gasteiger partial charge is 0.335 e. The Morgan fingerprint density at radius 3 is 2.33 bits per heavy atom. The van der Waals surface area contributed by atoms with E-state index in [-0.39, 0.29) is 17.2 Å². The molecule has 0 aliphatic heterocycles. The van der Waals surface area contributed by atoms with Crippen LogP contribution in [0.4, 0.5) is 5.69 Å². The fourth-order valence-corrected chi connectivity index (χ4v) is 2.06. The first-order chi connectivity index (χ1) is 9.81. The zero-order valence-corrected chi connectivity index (χ0v) is 11.9. The van der Waals surface area contributed by atoms with E-state index in [0.29, 0.717) is 5.56 Å². The summed E-state index contributed by atoms with van der Waals surface area (Å²) in [5, 5.41) is 23.0. The zero-order chi connectivity index (χ0) is 15.7. The Hall–Kier alpha value is -2.76. The zero-order valence-electron chi connectivity index (χ0n) is 11.9. The Kier molecular flexibility index (Phi) is 3.71. The first-order valence-corrected chi connectivity index (χ1v) is 6.30. The van der Waals surface area contributed by atoms with E-state index in [1.54, 1.807) is 6.07 Å². The van der Waals surface area contributed by atoms with Crippen LogP contribution in [0.3, 0.4) is 0 Å². The van der Waals surface area contributed by atoms with Crippen molar-refractivity contribution in [3.05, 3.63) is 46.8 Å². The lowest BCUT2D eigenvalue weighted by atomic mass is 10.1. The average molecular weight is 287 g/mol. The molecule has 6 heteroatoms. The number of carbonyl (C=O) groups excluding carboxylic acids is 1. The molecule has 0 saturated heterocycles. The Morgan fingerprint density at radius 2 is 1.86 bits per heavy atom. The van der Waals surface area contributed by atoms with Gasteiger partial charge in [-0.05, 0) is 38.1 Å². The van der Waals surface area contributed by atoms with E-state index >= 15 is 0 Å². The third kappa shape index (κ3) is 2.74. The van der Waals surface area contributed by atoms with Gasteiger partial charge in [-0.3, -0.25) is 4.79 Å². The van der Waals surface area contributed by atoms with E-state index in [1.807, 2.05) is 25.5 Å². The first-order valence-electron chi connectivity index (χ1n) is 6.30. The van der Waals surface area contributed by atoms with Gasteiger partial charge in [0.25, 0.3) is 5.91 Å². The number of aromatic carboxylic acids is 1. The molecule has 2 N–H and O–H groups in total. The summed E-state index contributed by atoms with van der Waals surface area (Å²) < 4.78 is 1.89. The highest BCUT2D eigenvalue weighted by molar-refractivity contribution is 6.05. The predicted octanol–water partition coefficient (Wildman–Crippen LogP) is 1.67. The van der Waals surface area contributed by atoms with Crippen LogP contribution in [-0.2, 0) is 7.05 Å². The van der Waals surface area contributed by atoms with Gasteiger partial charge >= 0.3 is 5.97 Å². The van der Waals surface area contributed by atoms with Crippen molar-refractivity contribution in [3.63, 3.8) is 0 Å². The first kappa shape index (κ1) is 14.6. The lowest BCUT2D eigenvalue weighted by Gasteiger charge is -2.13. The summed E-state index contributed by atoms with van der Waals surface area (Å²) in [6, 6.07) is 5.44. The second-order valence-corrected chi connectivity index (χ2v) is 4.81. The molecular formula is C15H15N2O4-. The van der Waals surface area contributed by atoms with Gasteiger partial charge in [-0.2, -0.15) is 0 Å². The molecule has 0 saturated carbocycles. The van der Waals surface area contributed by atoms with Gasteiger partial charge in [-0.25, -0.2) is 4.79 Å². The van der Waals surface area contributed by atoms with Gasteiger partial charge in [0.15, 0.2) is 0 Å². The molecule has 0 fully saturated rings. The summed E-state index contributed by atoms with van der Waals surface area (Å²) in [5.41, 5.74) is 2.23. The van der Waals surface area contributed by atoms with Crippen LogP contribution in [0.5, 0.6) is 5.75 Å². The standard InChI is InChI=1S/C15H16N2O4/c1-8-6-12(9(2)17(8)3)14(19)16-10-4-5-11(15(20)21)13(18)7-10/h4-7,18H,1-3H3,(H,16,19)(H,20,21)/p-1. The molecule has 0 aliphatic carbocycles. The number of carboxylic acid groups (broad SMARTS) is 1. The van der Waals surface area contributed by atoms with Gasteiger partial charge in [0.1, 0.15) is 0 Å². The number of anilines is 1. The number of rotatable bonds is 3. The summed E-state index contributed by atoms with van der Waals surface area (Å²) in [6.07, 6.45) is 0. The molecule has 0 atom stereocenters. The van der Waals surface area contributed by atoms with Gasteiger partial charge in [0.2, 0.25) is 0 Å². The second-order valence-electron chi connectivity index (χ2n) is 4.81. The number of hydrogen-bond donors (Lipinski definition) is 2. The van der Waals surface area contributed by atoms with E-state index in [2.05, 4.69) is 5.32 Å². The lowest BCUT2D eigenvalue weighted by Crippen LogP contribution is -2.14. The number of nitrogens with one attached hydrogen (secondary N) is 1. The maximum Gasteiger partial charge on any atom is 0.335 e. The third-order valence-corrected chi connectivity index (χ3v) is 3.49. The molecular weight excluding hydrogens is 272 g/mol. The van der Waals surface area contributed by atoms with Crippen LogP contribution in [0.1, 0.15) is 32.1 Å². The minimum atomic E-state index is -1.28. The Labute approximate surface area is 121 Å². The number of nitrogens with zero attached hydrogens (tertiary/aromatic N) is 1. The molecule has 0 radical (unpaired) electrons. The van der Waals surface area contributed by atoms with Crippen molar-refractivity contribution in [2.24, 2.45) is 7.05 Å². The van der Waals surface area contributed by atoms with Crippen LogP contribution in [-0.4, -0.2) is 21.6 Å². The van der Waals surface area contributed by atoms with Crippen molar-refractivity contribution in [1.29, 1.82) is 0 Å². The number of benzene rings is 1. The van der Waals surface area contributed by atoms with Crippen LogP contribution in [0.2, 0.25) is 0 Å². The molecule has 110 valence electrons. The second kappa shape index (κ2) is 5.32. The molecule has 1 aromatic heterocycles. The number of amides is 1. The molecule has 1 aromatic carbocycles. The van der Waals surface area contributed by atoms with Gasteiger partial charge in [-0.1, -0.05) is 5.75 Å². The Morgan fingerprint density at radius 1 is 1.19 bits per heavy atom. The molecule has 0 bridgehead atoms. The average Bonchev–Trinajstić information content (AvgIpc) is 2.66. The van der Waals surface area contributed by atoms with Crippen molar-refractivity contribution < 1.29 is 19.8 Å². The predicted molar refractivity (Wildman–Crippen MR) is 75.7 cm³/mol. The summed E-state index contributed by atoms with van der Waals surface area (Å²) >= 11 is 0. The number of aryl methyl sites for hydroxylation is 1. The number of carbonyl (C=O) groups is 2. The molecule has 0 spiro atoms. The molecule has 1 heterocycles. The van der Waals surface area contributed by atoms with Crippen LogP contribution in [0.25, 0.3) is 0 Å². The van der Waals surface area contributed by atoms with E-state index in [4.69, 9.17) is 5.11 Å². The maximum atomic E-state index is 12.2. The lowest BCUT2D eigenvalue weighted by molar-refractivity contribution is -0.268. The molecule has 0 unspecified atom stereocenters. The van der Waals surface area contributed by atoms with Gasteiger partial charge in [0.05, 0.1) is 11.1 Å². The van der Waals surface area contributed by atoms with Gasteiger partial charge in [-0.15, -0.1) is 0 Å². The highest BCUT2D eigenvalue weighted by Crippen LogP contribution is 2.21. The summed E-state index contributed by atoms with van der Waals surface area (Å²) in [7, 11) is 1.86. The SMILES string of the molecule is Cc1cc(C(=O)Nc2ccc(C(=O)O)c([O-])c2)c(C)n1C. The van der Waals surface area contributed by atoms with Crippen LogP contribution < -0.4 is 10.4 Å². The van der Waals surface area contributed by atoms with E-state index in [0.717, 1.165) is 17.5 Å². The minimum Gasteiger partial charge on any atom is -0.872 e. The Balaban J connectivity index is 2.26. The highest BCUT2D eigenvalue weighted by Gasteiger charge is 2.14. The quantitative estimate of drug-likeness (QED) is 0.897. The van der Waals surface area contributed by atoms with Crippen molar-refractivity contribution in [1.82, 2.24) is 4.57 Å². The van der Waals surface area contributed by atoms with E-state index in [9.17, 15) is 14.7 Å². The number of aromatic nitrogens is 1. The summed E-state index contributed by atoms with van der Waals surface area (Å²) in [5.74, 6) is -2.26. The van der Waals surface area contributed by atoms with Crippen molar-refractivity contribution in [3.8, 4) is 5.75 Å². The van der Waals surface area contributed by atoms with Crippen LogP contribution in [0, 0.1) is 13.8 Å². The summed E-state index contributed by atoms with van der Waals surface area (Å²) in [6.45, 7) is 3.72. The molecule has 2 aromatic rings. The molecule has 1 amide bonds. The Bertz CT molecular complexity index is 732. The molecule has 6 nitrogen and oxygen atoms in total. The number of hydrogen-bond acceptors (Lipinski definition) is 3. The number of carboxylic acids is 1. The van der Waals surface area contributed by atoms with Crippen molar-refractivity contribution in [2.75, 3.05) is 5.32 Å². The highest BCUT2D eigenvalue weighted by atomic mass is 16.4. The van der Waals surface area contributed by atoms with Crippen LogP contribution >= 0.6 is 0 Å².